The maximum Gasteiger partial charge on any atom is 0.203 e. The fraction of sp³-hybridized carbons (Fsp3) is 0.800. The Bertz CT molecular complexity index is 136. The standard InChI is InChI=1S/C5H7NO2/c1-4-5(2-6,3-7)8-4/h4,7H,3H2,1H3. The lowest BCUT2D eigenvalue weighted by Gasteiger charge is -1.90. The number of aliphatic hydroxyl groups excluding tert-OH is 1. The zero-order chi connectivity index (χ0) is 6.20. The predicted octanol–water partition coefficient (Wildman–Crippen LogP) is -0.340. The molecule has 0 aliphatic carbocycles. The number of aliphatic hydroxyl groups is 1. The fourth-order valence-corrected chi connectivity index (χ4v) is 0.600. The van der Waals surface area contributed by atoms with Gasteiger partial charge in [0.05, 0.1) is 6.61 Å². The molecule has 1 aliphatic rings. The first-order valence-corrected chi connectivity index (χ1v) is 2.45. The van der Waals surface area contributed by atoms with Crippen LogP contribution in [0.25, 0.3) is 0 Å². The number of nitriles is 1. The number of nitrogens with zero attached hydrogens (tertiary/aromatic N) is 1. The van der Waals surface area contributed by atoms with E-state index in [4.69, 9.17) is 15.1 Å². The Morgan fingerprint density at radius 1 is 2.00 bits per heavy atom. The van der Waals surface area contributed by atoms with E-state index in [1.807, 2.05) is 6.07 Å². The van der Waals surface area contributed by atoms with Crippen molar-refractivity contribution in [2.24, 2.45) is 0 Å². The molecule has 0 saturated carbocycles. The van der Waals surface area contributed by atoms with Gasteiger partial charge in [0, 0.05) is 0 Å². The molecule has 2 atom stereocenters. The summed E-state index contributed by atoms with van der Waals surface area (Å²) in [4.78, 5) is 0. The zero-order valence-electron chi connectivity index (χ0n) is 4.59. The van der Waals surface area contributed by atoms with Crippen molar-refractivity contribution in [3.8, 4) is 6.07 Å². The molecule has 3 nitrogen and oxygen atoms in total. The van der Waals surface area contributed by atoms with Crippen LogP contribution in [-0.4, -0.2) is 23.4 Å². The number of rotatable bonds is 1. The molecule has 0 aromatic heterocycles. The molecule has 1 fully saturated rings. The van der Waals surface area contributed by atoms with E-state index in [-0.39, 0.29) is 12.7 Å². The second-order valence-corrected chi connectivity index (χ2v) is 1.92. The van der Waals surface area contributed by atoms with Crippen LogP contribution in [0.5, 0.6) is 0 Å². The van der Waals surface area contributed by atoms with Gasteiger partial charge in [0.15, 0.2) is 0 Å². The molecule has 0 bridgehead atoms. The Morgan fingerprint density at radius 2 is 2.50 bits per heavy atom. The first-order chi connectivity index (χ1) is 3.75. The summed E-state index contributed by atoms with van der Waals surface area (Å²) in [5.41, 5.74) is -0.847. The van der Waals surface area contributed by atoms with E-state index in [1.165, 1.54) is 0 Å². The van der Waals surface area contributed by atoms with Crippen molar-refractivity contribution in [1.29, 1.82) is 5.26 Å². The van der Waals surface area contributed by atoms with Crippen LogP contribution in [0.4, 0.5) is 0 Å². The van der Waals surface area contributed by atoms with Gasteiger partial charge in [0.25, 0.3) is 0 Å². The second-order valence-electron chi connectivity index (χ2n) is 1.92. The highest BCUT2D eigenvalue weighted by Gasteiger charge is 2.53. The Labute approximate surface area is 47.5 Å². The molecular weight excluding hydrogens is 106 g/mol. The van der Waals surface area contributed by atoms with Crippen LogP contribution in [0.2, 0.25) is 0 Å². The summed E-state index contributed by atoms with van der Waals surface area (Å²) >= 11 is 0. The number of hydrogen-bond donors (Lipinski definition) is 1. The molecule has 3 heteroatoms. The average molecular weight is 113 g/mol. The van der Waals surface area contributed by atoms with Crippen LogP contribution in [0, 0.1) is 11.3 Å². The van der Waals surface area contributed by atoms with Gasteiger partial charge in [-0.05, 0) is 6.92 Å². The van der Waals surface area contributed by atoms with Crippen molar-refractivity contribution in [1.82, 2.24) is 0 Å². The van der Waals surface area contributed by atoms with E-state index in [1.54, 1.807) is 6.92 Å². The van der Waals surface area contributed by atoms with E-state index in [2.05, 4.69) is 0 Å². The highest BCUT2D eigenvalue weighted by molar-refractivity contribution is 5.16. The van der Waals surface area contributed by atoms with Gasteiger partial charge in [0.2, 0.25) is 5.60 Å². The Kier molecular flexibility index (Phi) is 0.999. The maximum absolute atomic E-state index is 8.48. The van der Waals surface area contributed by atoms with Gasteiger partial charge in [-0.25, -0.2) is 0 Å². The van der Waals surface area contributed by atoms with E-state index < -0.39 is 5.60 Å². The summed E-state index contributed by atoms with van der Waals surface area (Å²) in [6.07, 6.45) is -0.0856. The topological polar surface area (TPSA) is 56.5 Å². The smallest absolute Gasteiger partial charge is 0.203 e. The summed E-state index contributed by atoms with van der Waals surface area (Å²) in [5, 5.41) is 16.8. The van der Waals surface area contributed by atoms with Crippen molar-refractivity contribution in [2.75, 3.05) is 6.61 Å². The van der Waals surface area contributed by atoms with E-state index in [0.29, 0.717) is 0 Å². The molecule has 1 saturated heterocycles. The minimum Gasteiger partial charge on any atom is -0.392 e. The van der Waals surface area contributed by atoms with Crippen LogP contribution in [0.15, 0.2) is 0 Å². The molecule has 44 valence electrons. The minimum atomic E-state index is -0.847. The van der Waals surface area contributed by atoms with Gasteiger partial charge >= 0.3 is 0 Å². The first-order valence-electron chi connectivity index (χ1n) is 2.45. The van der Waals surface area contributed by atoms with Crippen molar-refractivity contribution in [2.45, 2.75) is 18.6 Å². The minimum absolute atomic E-state index is 0.0856. The average Bonchev–Trinajstić information content (AvgIpc) is 2.43. The van der Waals surface area contributed by atoms with E-state index in [9.17, 15) is 0 Å². The summed E-state index contributed by atoms with van der Waals surface area (Å²) in [5.74, 6) is 0. The van der Waals surface area contributed by atoms with Crippen molar-refractivity contribution >= 4 is 0 Å². The third-order valence-corrected chi connectivity index (χ3v) is 1.41. The molecule has 1 heterocycles. The van der Waals surface area contributed by atoms with Gasteiger partial charge in [-0.1, -0.05) is 0 Å². The lowest BCUT2D eigenvalue weighted by molar-refractivity contribution is 0.207. The van der Waals surface area contributed by atoms with E-state index >= 15 is 0 Å². The lowest BCUT2D eigenvalue weighted by Crippen LogP contribution is -2.15. The molecule has 0 radical (unpaired) electrons. The van der Waals surface area contributed by atoms with E-state index in [0.717, 1.165) is 0 Å². The number of epoxide rings is 1. The molecule has 1 aliphatic heterocycles. The van der Waals surface area contributed by atoms with Gasteiger partial charge in [-0.3, -0.25) is 0 Å². The maximum atomic E-state index is 8.48. The first kappa shape index (κ1) is 5.54. The highest BCUT2D eigenvalue weighted by Crippen LogP contribution is 2.34. The van der Waals surface area contributed by atoms with Gasteiger partial charge in [0.1, 0.15) is 12.2 Å². The molecule has 0 aromatic rings. The van der Waals surface area contributed by atoms with Gasteiger partial charge in [-0.2, -0.15) is 5.26 Å². The van der Waals surface area contributed by atoms with Crippen LogP contribution in [0.1, 0.15) is 6.92 Å². The Balaban J connectivity index is 2.56. The fourth-order valence-electron chi connectivity index (χ4n) is 0.600. The largest absolute Gasteiger partial charge is 0.392 e. The molecule has 0 aromatic carbocycles. The molecular formula is C5H7NO2. The molecule has 0 spiro atoms. The number of hydrogen-bond acceptors (Lipinski definition) is 3. The monoisotopic (exact) mass is 113 g/mol. The quantitative estimate of drug-likeness (QED) is 0.473. The van der Waals surface area contributed by atoms with Crippen LogP contribution < -0.4 is 0 Å². The molecule has 2 unspecified atom stereocenters. The van der Waals surface area contributed by atoms with Crippen LogP contribution in [0.3, 0.4) is 0 Å². The van der Waals surface area contributed by atoms with Crippen molar-refractivity contribution in [3.05, 3.63) is 0 Å². The predicted molar refractivity (Wildman–Crippen MR) is 26.0 cm³/mol. The molecule has 0 amide bonds. The molecule has 1 N–H and O–H groups in total. The number of ether oxygens (including phenoxy) is 1. The SMILES string of the molecule is CC1OC1(C#N)CO. The third-order valence-electron chi connectivity index (χ3n) is 1.41. The summed E-state index contributed by atoms with van der Waals surface area (Å²) in [6.45, 7) is 1.57. The summed E-state index contributed by atoms with van der Waals surface area (Å²) in [6, 6.07) is 1.88. The summed E-state index contributed by atoms with van der Waals surface area (Å²) < 4.78 is 4.79. The highest BCUT2D eigenvalue weighted by atomic mass is 16.6. The molecule has 8 heavy (non-hydrogen) atoms. The Morgan fingerprint density at radius 3 is 2.50 bits per heavy atom. The van der Waals surface area contributed by atoms with Crippen LogP contribution in [-0.2, 0) is 4.74 Å². The van der Waals surface area contributed by atoms with Gasteiger partial charge < -0.3 is 9.84 Å². The Hall–Kier alpha value is -0.590. The van der Waals surface area contributed by atoms with Crippen molar-refractivity contribution < 1.29 is 9.84 Å². The lowest BCUT2D eigenvalue weighted by atomic mass is 10.1. The normalized spacial score (nSPS) is 43.4. The van der Waals surface area contributed by atoms with Gasteiger partial charge in [-0.15, -0.1) is 0 Å². The second kappa shape index (κ2) is 1.44. The molecule has 1 rings (SSSR count). The van der Waals surface area contributed by atoms with Crippen LogP contribution >= 0.6 is 0 Å². The summed E-state index contributed by atoms with van der Waals surface area (Å²) in [7, 11) is 0. The zero-order valence-corrected chi connectivity index (χ0v) is 4.59. The third kappa shape index (κ3) is 0.507. The van der Waals surface area contributed by atoms with Crippen molar-refractivity contribution in [3.63, 3.8) is 0 Å².